The van der Waals surface area contributed by atoms with Crippen molar-refractivity contribution >= 4 is 0 Å². The smallest absolute Gasteiger partial charge is 0.268 e. The average molecular weight is 1150 g/mol. The predicted octanol–water partition coefficient (Wildman–Crippen LogP) is 11.8. The molecule has 4 aromatic heterocycles. The topological polar surface area (TPSA) is 83.3 Å². The molecular weight excluding hydrogens is 1110 g/mol. The van der Waals surface area contributed by atoms with Crippen molar-refractivity contribution in [1.82, 2.24) is 34.7 Å². The molecule has 8 aromatic carbocycles. The van der Waals surface area contributed by atoms with Crippen molar-refractivity contribution in [2.24, 2.45) is 0 Å². The van der Waals surface area contributed by atoms with Crippen molar-refractivity contribution in [1.29, 1.82) is 0 Å². The Morgan fingerprint density at radius 3 is 1.23 bits per heavy atom. The van der Waals surface area contributed by atoms with E-state index in [-0.39, 0.29) is 43.4 Å². The largest absolute Gasteiger partial charge is 0.329 e. The Hall–Kier alpha value is -9.23. The molecule has 0 aliphatic heterocycles. The van der Waals surface area contributed by atoms with E-state index in [1.54, 1.807) is 54.8 Å². The standard InChI is InChI=1S/2C27H17F2N2.C6H4N5.Ir/c2*28-22-13-7-15-24(17-22)30-19-31(25-16-8-14-23(29)18-25)27(21-11-5-2-6-12-21)26(30)20-9-3-1-4-10-20;1-2-4-7-5(3-1)6-8-10-11-9-6;/h2*1-15,17-18H;1-4H;/q3*-1;. The summed E-state index contributed by atoms with van der Waals surface area (Å²) in [7, 11) is 0. The molecule has 0 amide bonds. The fraction of sp³-hybridized carbons (Fsp3) is 0. The van der Waals surface area contributed by atoms with Crippen molar-refractivity contribution in [2.75, 3.05) is 0 Å². The van der Waals surface area contributed by atoms with E-state index in [2.05, 4.69) is 50.4 Å². The summed E-state index contributed by atoms with van der Waals surface area (Å²) < 4.78 is 63.5. The van der Waals surface area contributed by atoms with Gasteiger partial charge in [0.15, 0.2) is 0 Å². The first-order valence-electron chi connectivity index (χ1n) is 22.8. The molecule has 14 heteroatoms. The second kappa shape index (κ2) is 23.3. The van der Waals surface area contributed by atoms with E-state index >= 15 is 0 Å². The van der Waals surface area contributed by atoms with Gasteiger partial charge in [-0.1, -0.05) is 140 Å². The van der Waals surface area contributed by atoms with Gasteiger partial charge in [-0.05, 0) is 82.2 Å². The van der Waals surface area contributed by atoms with Crippen LogP contribution in [0, 0.1) is 48.1 Å². The van der Waals surface area contributed by atoms with Crippen LogP contribution < -0.4 is 14.2 Å². The van der Waals surface area contributed by atoms with Crippen LogP contribution >= 0.6 is 0 Å². The first-order valence-corrected chi connectivity index (χ1v) is 22.8. The second-order valence-electron chi connectivity index (χ2n) is 16.1. The van der Waals surface area contributed by atoms with Gasteiger partial charge in [0, 0.05) is 37.9 Å². The summed E-state index contributed by atoms with van der Waals surface area (Å²) in [6.45, 7) is 0. The summed E-state index contributed by atoms with van der Waals surface area (Å²) in [6.07, 6.45) is 8.28. The van der Waals surface area contributed by atoms with Crippen LogP contribution in [0.5, 0.6) is 0 Å². The zero-order chi connectivity index (χ0) is 49.9. The van der Waals surface area contributed by atoms with Crippen LogP contribution in [-0.2, 0) is 20.1 Å². The van der Waals surface area contributed by atoms with Crippen molar-refractivity contribution in [3.8, 4) is 79.3 Å². The third-order valence-electron chi connectivity index (χ3n) is 11.3. The molecule has 0 spiro atoms. The monoisotopic (exact) mass is 1150 g/mol. The summed E-state index contributed by atoms with van der Waals surface area (Å²) in [5.41, 5.74) is 9.87. The molecule has 12 rings (SSSR count). The van der Waals surface area contributed by atoms with Gasteiger partial charge in [-0.15, -0.1) is 24.3 Å². The number of pyridine rings is 1. The third kappa shape index (κ3) is 11.3. The van der Waals surface area contributed by atoms with Crippen LogP contribution in [-0.4, -0.2) is 29.6 Å². The van der Waals surface area contributed by atoms with Gasteiger partial charge in [0.2, 0.25) is 0 Å². The summed E-state index contributed by atoms with van der Waals surface area (Å²) in [4.78, 5) is 4.02. The molecule has 0 saturated carbocycles. The molecule has 4 heterocycles. The minimum Gasteiger partial charge on any atom is -0.329 e. The van der Waals surface area contributed by atoms with Crippen molar-refractivity contribution in [3.63, 3.8) is 0 Å². The molecule has 0 aliphatic carbocycles. The molecular formula is C60H38F4IrN9-3. The Labute approximate surface area is 437 Å². The molecule has 0 bridgehead atoms. The molecule has 363 valence electrons. The number of rotatable bonds is 9. The molecule has 1 radical (unpaired) electrons. The Morgan fingerprint density at radius 1 is 0.432 bits per heavy atom. The van der Waals surface area contributed by atoms with Gasteiger partial charge in [0.1, 0.15) is 11.6 Å². The van der Waals surface area contributed by atoms with Crippen LogP contribution in [0.2, 0.25) is 0 Å². The third-order valence-corrected chi connectivity index (χ3v) is 11.3. The number of aromatic nitrogens is 9. The molecule has 0 aliphatic rings. The zero-order valence-corrected chi connectivity index (χ0v) is 41.2. The van der Waals surface area contributed by atoms with Crippen LogP contribution in [0.3, 0.4) is 0 Å². The number of nitrogens with zero attached hydrogens (tertiary/aromatic N) is 9. The Balaban J connectivity index is 0.000000149. The summed E-state index contributed by atoms with van der Waals surface area (Å²) in [5.74, 6) is -0.958. The number of hydrogen-bond donors (Lipinski definition) is 0. The summed E-state index contributed by atoms with van der Waals surface area (Å²) >= 11 is 0. The maximum atomic E-state index is 14.1. The number of tetrazole rings is 1. The first-order chi connectivity index (χ1) is 35.9. The molecule has 0 fully saturated rings. The molecule has 12 aromatic rings. The van der Waals surface area contributed by atoms with E-state index in [1.165, 1.54) is 48.5 Å². The van der Waals surface area contributed by atoms with Crippen LogP contribution in [0.4, 0.5) is 17.6 Å². The quantitative estimate of drug-likeness (QED) is 0.0817. The summed E-state index contributed by atoms with van der Waals surface area (Å²) in [6, 6.07) is 72.3. The van der Waals surface area contributed by atoms with Gasteiger partial charge in [-0.2, -0.15) is 29.5 Å². The minimum absolute atomic E-state index is 0. The van der Waals surface area contributed by atoms with E-state index < -0.39 is 0 Å². The van der Waals surface area contributed by atoms with E-state index in [0.29, 0.717) is 34.3 Å². The molecule has 0 atom stereocenters. The van der Waals surface area contributed by atoms with Gasteiger partial charge in [0.05, 0.1) is 45.7 Å². The molecule has 0 N–H and O–H groups in total. The zero-order valence-electron chi connectivity index (χ0n) is 38.8. The molecule has 74 heavy (non-hydrogen) atoms. The van der Waals surface area contributed by atoms with Crippen LogP contribution in [0.25, 0.3) is 79.3 Å². The Morgan fingerprint density at radius 2 is 0.851 bits per heavy atom. The Bertz CT molecular complexity index is 3310. The summed E-state index contributed by atoms with van der Waals surface area (Å²) in [5, 5.41) is 14.0. The van der Waals surface area contributed by atoms with E-state index in [0.717, 1.165) is 45.0 Å². The average Bonchev–Trinajstić information content (AvgIpc) is 4.22. The number of benzene rings is 8. The van der Waals surface area contributed by atoms with Crippen molar-refractivity contribution < 1.29 is 46.8 Å². The SMILES string of the molecule is Fc1cc[c-]c(-n2[c-][n+](-c3cccc(F)c3)c(-c3ccccc3)c2-c2ccccc2)c1.Fc1cc[c-]c(-n2[c-][n+](-c3cccc(F)c3)c(-c3ccccc3)c2-c2ccccc2)c1.[Ir].c1ccc(-c2nnn[n-]2)nc1. The maximum Gasteiger partial charge on any atom is 0.268 e. The molecule has 0 unspecified atom stereocenters. The van der Waals surface area contributed by atoms with Gasteiger partial charge in [-0.25, -0.2) is 17.6 Å². The molecule has 0 saturated heterocycles. The molecule has 9 nitrogen and oxygen atoms in total. The van der Waals surface area contributed by atoms with Crippen LogP contribution in [0.15, 0.2) is 231 Å². The van der Waals surface area contributed by atoms with Gasteiger partial charge < -0.3 is 14.2 Å². The van der Waals surface area contributed by atoms with Crippen molar-refractivity contribution in [2.45, 2.75) is 0 Å². The van der Waals surface area contributed by atoms with E-state index in [4.69, 9.17) is 0 Å². The fourth-order valence-electron chi connectivity index (χ4n) is 8.08. The minimum atomic E-state index is -0.367. The fourth-order valence-corrected chi connectivity index (χ4v) is 8.08. The normalized spacial score (nSPS) is 10.6. The van der Waals surface area contributed by atoms with Crippen LogP contribution in [0.1, 0.15) is 0 Å². The number of halogens is 4. The number of hydrogen-bond acceptors (Lipinski definition) is 4. The van der Waals surface area contributed by atoms with Gasteiger partial charge in [-0.3, -0.25) is 24.4 Å². The van der Waals surface area contributed by atoms with Gasteiger partial charge in [0.25, 0.3) is 12.7 Å². The Kier molecular flexibility index (Phi) is 15.7. The van der Waals surface area contributed by atoms with E-state index in [1.807, 2.05) is 146 Å². The number of imidazole rings is 2. The maximum absolute atomic E-state index is 14.1. The van der Waals surface area contributed by atoms with E-state index in [9.17, 15) is 17.6 Å². The van der Waals surface area contributed by atoms with Crippen molar-refractivity contribution in [3.05, 3.63) is 279 Å². The first kappa shape index (κ1) is 49.7. The van der Waals surface area contributed by atoms with Gasteiger partial charge >= 0.3 is 0 Å². The second-order valence-corrected chi connectivity index (χ2v) is 16.1. The predicted molar refractivity (Wildman–Crippen MR) is 268 cm³/mol.